The van der Waals surface area contributed by atoms with E-state index in [1.54, 1.807) is 0 Å². The van der Waals surface area contributed by atoms with Crippen molar-refractivity contribution in [2.75, 3.05) is 0 Å². The number of rotatable bonds is 7. The van der Waals surface area contributed by atoms with E-state index < -0.39 is 0 Å². The van der Waals surface area contributed by atoms with Gasteiger partial charge in [-0.05, 0) is 83.4 Å². The maximum atomic E-state index is 10.1. The summed E-state index contributed by atoms with van der Waals surface area (Å²) in [6.07, 6.45) is 5.71. The lowest BCUT2D eigenvalue weighted by atomic mass is 9.98. The number of hydrogen-bond acceptors (Lipinski definition) is 4. The van der Waals surface area contributed by atoms with Crippen LogP contribution in [-0.2, 0) is 0 Å². The Balaban J connectivity index is 1.06. The molecule has 0 N–H and O–H groups in total. The second kappa shape index (κ2) is 15.2. The molecule has 0 unspecified atom stereocenters. The average Bonchev–Trinajstić information content (AvgIpc) is 3.89. The molecule has 0 atom stereocenters. The summed E-state index contributed by atoms with van der Waals surface area (Å²) in [6.45, 7) is 0. The van der Waals surface area contributed by atoms with Gasteiger partial charge in [-0.2, -0.15) is 5.26 Å². The van der Waals surface area contributed by atoms with Gasteiger partial charge in [0.1, 0.15) is 5.82 Å². The van der Waals surface area contributed by atoms with Crippen molar-refractivity contribution in [2.45, 2.75) is 0 Å². The molecule has 6 heteroatoms. The standard InChI is InChI=1S/C58H36N6/c59-36-38-14-11-19-41(32-38)48-35-56(64-52-25-10-8-21-47(52)50-34-43(27-29-54(50)64)45-23-13-31-61-58(45)40-17-5-2-6-18-40)62-37-55(48)63-51-24-9-7-20-46(51)49-33-42(26-28-53(49)63)44-22-12-30-60-57(44)39-15-3-1-4-16-39/h1-35,37H. The minimum absolute atomic E-state index is 0.592. The van der Waals surface area contributed by atoms with Gasteiger partial charge in [0.05, 0.1) is 57.0 Å². The van der Waals surface area contributed by atoms with E-state index in [1.807, 2.05) is 61.1 Å². The van der Waals surface area contributed by atoms with Crippen LogP contribution in [0.4, 0.5) is 0 Å². The molecule has 12 aromatic rings. The Labute approximate surface area is 369 Å². The van der Waals surface area contributed by atoms with Gasteiger partial charge in [0.2, 0.25) is 0 Å². The van der Waals surface area contributed by atoms with E-state index in [0.29, 0.717) is 5.56 Å². The highest BCUT2D eigenvalue weighted by Gasteiger charge is 2.21. The first-order valence-electron chi connectivity index (χ1n) is 21.3. The molecule has 0 aliphatic rings. The van der Waals surface area contributed by atoms with Crippen LogP contribution >= 0.6 is 0 Å². The van der Waals surface area contributed by atoms with Crippen LogP contribution < -0.4 is 0 Å². The number of fused-ring (bicyclic) bond motifs is 6. The molecule has 0 aliphatic carbocycles. The third-order valence-corrected chi connectivity index (χ3v) is 12.3. The Bertz CT molecular complexity index is 3800. The monoisotopic (exact) mass is 816 g/mol. The van der Waals surface area contributed by atoms with E-state index in [9.17, 15) is 5.26 Å². The second-order valence-electron chi connectivity index (χ2n) is 16.0. The zero-order valence-corrected chi connectivity index (χ0v) is 34.5. The number of para-hydroxylation sites is 2. The Morgan fingerprint density at radius 1 is 0.359 bits per heavy atom. The molecular formula is C58H36N6. The van der Waals surface area contributed by atoms with E-state index in [0.717, 1.165) is 111 Å². The number of nitrogens with zero attached hydrogens (tertiary/aromatic N) is 6. The quantitative estimate of drug-likeness (QED) is 0.161. The summed E-state index contributed by atoms with van der Waals surface area (Å²) >= 11 is 0. The molecule has 12 rings (SSSR count). The van der Waals surface area contributed by atoms with Crippen molar-refractivity contribution in [2.24, 2.45) is 0 Å². The van der Waals surface area contributed by atoms with Gasteiger partial charge in [-0.3, -0.25) is 14.5 Å². The summed E-state index contributed by atoms with van der Waals surface area (Å²) in [7, 11) is 0. The first-order valence-corrected chi connectivity index (χ1v) is 21.3. The molecule has 0 radical (unpaired) electrons. The molecule has 0 saturated carbocycles. The third-order valence-electron chi connectivity index (χ3n) is 12.3. The lowest BCUT2D eigenvalue weighted by Crippen LogP contribution is -2.03. The number of pyridine rings is 3. The van der Waals surface area contributed by atoms with E-state index in [4.69, 9.17) is 15.0 Å². The zero-order chi connectivity index (χ0) is 42.6. The summed E-state index contributed by atoms with van der Waals surface area (Å²) in [6, 6.07) is 71.9. The normalized spacial score (nSPS) is 11.4. The van der Waals surface area contributed by atoms with Crippen LogP contribution in [0.25, 0.3) is 111 Å². The van der Waals surface area contributed by atoms with Gasteiger partial charge in [-0.1, -0.05) is 133 Å². The molecular weight excluding hydrogens is 781 g/mol. The fourth-order valence-corrected chi connectivity index (χ4v) is 9.44. The molecule has 6 nitrogen and oxygen atoms in total. The first kappa shape index (κ1) is 36.9. The number of aromatic nitrogens is 5. The second-order valence-corrected chi connectivity index (χ2v) is 16.0. The number of nitriles is 1. The van der Waals surface area contributed by atoms with Gasteiger partial charge in [-0.15, -0.1) is 0 Å². The van der Waals surface area contributed by atoms with Crippen LogP contribution in [0.15, 0.2) is 219 Å². The molecule has 0 spiro atoms. The zero-order valence-electron chi connectivity index (χ0n) is 34.5. The molecule has 5 aromatic heterocycles. The van der Waals surface area contributed by atoms with Crippen LogP contribution in [0.5, 0.6) is 0 Å². The van der Waals surface area contributed by atoms with Gasteiger partial charge in [0.25, 0.3) is 0 Å². The third kappa shape index (κ3) is 6.06. The molecule has 0 amide bonds. The van der Waals surface area contributed by atoms with E-state index in [-0.39, 0.29) is 0 Å². The summed E-state index contributed by atoms with van der Waals surface area (Å²) in [5.41, 5.74) is 16.0. The molecule has 0 bridgehead atoms. The lowest BCUT2D eigenvalue weighted by molar-refractivity contribution is 1.06. The fraction of sp³-hybridized carbons (Fsp3) is 0. The van der Waals surface area contributed by atoms with Crippen LogP contribution in [0, 0.1) is 11.3 Å². The molecule has 5 heterocycles. The van der Waals surface area contributed by atoms with Crippen LogP contribution in [-0.4, -0.2) is 24.1 Å². The average molecular weight is 817 g/mol. The number of hydrogen-bond donors (Lipinski definition) is 0. The van der Waals surface area contributed by atoms with E-state index in [1.165, 1.54) is 0 Å². The minimum Gasteiger partial charge on any atom is -0.307 e. The van der Waals surface area contributed by atoms with Crippen molar-refractivity contribution < 1.29 is 0 Å². The summed E-state index contributed by atoms with van der Waals surface area (Å²) in [4.78, 5) is 15.0. The van der Waals surface area contributed by atoms with Crippen molar-refractivity contribution in [3.8, 4) is 73.5 Å². The molecule has 0 fully saturated rings. The predicted molar refractivity (Wildman–Crippen MR) is 260 cm³/mol. The Morgan fingerprint density at radius 3 is 1.45 bits per heavy atom. The van der Waals surface area contributed by atoms with Crippen molar-refractivity contribution in [1.29, 1.82) is 5.26 Å². The van der Waals surface area contributed by atoms with Gasteiger partial charge >= 0.3 is 0 Å². The van der Waals surface area contributed by atoms with Crippen molar-refractivity contribution in [3.05, 3.63) is 224 Å². The first-order chi connectivity index (χ1) is 31.7. The summed E-state index contributed by atoms with van der Waals surface area (Å²) < 4.78 is 4.57. The topological polar surface area (TPSA) is 72.3 Å². The summed E-state index contributed by atoms with van der Waals surface area (Å²) in [5, 5.41) is 14.6. The molecule has 7 aromatic carbocycles. The maximum Gasteiger partial charge on any atom is 0.138 e. The van der Waals surface area contributed by atoms with E-state index >= 15 is 0 Å². The van der Waals surface area contributed by atoms with Crippen LogP contribution in [0.3, 0.4) is 0 Å². The van der Waals surface area contributed by atoms with Gasteiger partial charge in [0.15, 0.2) is 0 Å². The SMILES string of the molecule is N#Cc1cccc(-c2cc(-n3c4ccccc4c4cc(-c5cccnc5-c5ccccc5)ccc43)ncc2-n2c3ccccc3c3cc(-c4cccnc4-c4ccccc4)ccc32)c1. The Hall–Kier alpha value is -8.92. The van der Waals surface area contributed by atoms with Gasteiger partial charge in [0, 0.05) is 61.8 Å². The minimum atomic E-state index is 0.592. The highest BCUT2D eigenvalue weighted by atomic mass is 15.1. The maximum absolute atomic E-state index is 10.1. The lowest BCUT2D eigenvalue weighted by Gasteiger charge is -2.17. The van der Waals surface area contributed by atoms with Crippen molar-refractivity contribution in [3.63, 3.8) is 0 Å². The Kier molecular flexibility index (Phi) is 8.77. The van der Waals surface area contributed by atoms with E-state index in [2.05, 4.69) is 173 Å². The molecule has 0 saturated heterocycles. The van der Waals surface area contributed by atoms with Crippen molar-refractivity contribution >= 4 is 43.6 Å². The molecule has 64 heavy (non-hydrogen) atoms. The highest BCUT2D eigenvalue weighted by Crippen LogP contribution is 2.42. The largest absolute Gasteiger partial charge is 0.307 e. The van der Waals surface area contributed by atoms with Gasteiger partial charge < -0.3 is 4.57 Å². The fourth-order valence-electron chi connectivity index (χ4n) is 9.44. The van der Waals surface area contributed by atoms with Gasteiger partial charge in [-0.25, -0.2) is 4.98 Å². The van der Waals surface area contributed by atoms with Crippen LogP contribution in [0.1, 0.15) is 5.56 Å². The summed E-state index contributed by atoms with van der Waals surface area (Å²) in [5.74, 6) is 0.777. The number of benzene rings is 7. The molecule has 0 aliphatic heterocycles. The highest BCUT2D eigenvalue weighted by molar-refractivity contribution is 6.12. The Morgan fingerprint density at radius 2 is 0.859 bits per heavy atom. The molecule has 298 valence electrons. The van der Waals surface area contributed by atoms with Crippen LogP contribution in [0.2, 0.25) is 0 Å². The smallest absolute Gasteiger partial charge is 0.138 e. The van der Waals surface area contributed by atoms with Crippen molar-refractivity contribution in [1.82, 2.24) is 24.1 Å². The predicted octanol–water partition coefficient (Wildman–Crippen LogP) is 14.3.